The molecule has 120 valence electrons. The number of hydrogen-bond acceptors (Lipinski definition) is 4. The molecule has 1 fully saturated rings. The molecule has 1 saturated heterocycles. The molecule has 0 aliphatic carbocycles. The van der Waals surface area contributed by atoms with Crippen molar-refractivity contribution in [2.45, 2.75) is 39.2 Å². The smallest absolute Gasteiger partial charge is 0.325 e. The number of methoxy groups -OCH3 is 1. The average Bonchev–Trinajstić information content (AvgIpc) is 2.61. The van der Waals surface area contributed by atoms with Gasteiger partial charge >= 0.3 is 6.03 Å². The van der Waals surface area contributed by atoms with Crippen LogP contribution in [0.5, 0.6) is 0 Å². The molecule has 1 aliphatic heterocycles. The van der Waals surface area contributed by atoms with Gasteiger partial charge < -0.3 is 15.4 Å². The normalized spacial score (nSPS) is 21.9. The van der Waals surface area contributed by atoms with Crippen molar-refractivity contribution in [3.8, 4) is 0 Å². The van der Waals surface area contributed by atoms with Crippen LogP contribution in [0.1, 0.15) is 33.6 Å². The number of urea groups is 1. The van der Waals surface area contributed by atoms with Gasteiger partial charge in [0.15, 0.2) is 0 Å². The molecule has 7 nitrogen and oxygen atoms in total. The van der Waals surface area contributed by atoms with E-state index < -0.39 is 11.6 Å². The lowest BCUT2D eigenvalue weighted by molar-refractivity contribution is -0.134. The molecule has 1 heterocycles. The topological polar surface area (TPSA) is 87.7 Å². The number of ether oxygens (including phenoxy) is 1. The molecule has 1 atom stereocenters. The summed E-state index contributed by atoms with van der Waals surface area (Å²) in [6.45, 7) is 6.31. The van der Waals surface area contributed by atoms with Crippen molar-refractivity contribution in [2.24, 2.45) is 5.92 Å². The molecule has 1 rings (SSSR count). The summed E-state index contributed by atoms with van der Waals surface area (Å²) in [4.78, 5) is 36.9. The molecule has 0 radical (unpaired) electrons. The third kappa shape index (κ3) is 4.70. The van der Waals surface area contributed by atoms with Crippen molar-refractivity contribution in [3.63, 3.8) is 0 Å². The standard InChI is InChI=1S/C14H25N3O4/c1-10(2)5-6-14(3)12(19)17(13(20)16-14)9-11(18)15-7-8-21-4/h10H,5-9H2,1-4H3,(H,15,18)(H,16,20). The molecular weight excluding hydrogens is 274 g/mol. The number of imide groups is 1. The lowest BCUT2D eigenvalue weighted by Crippen LogP contribution is -2.45. The van der Waals surface area contributed by atoms with Crippen LogP contribution in [0.15, 0.2) is 0 Å². The van der Waals surface area contributed by atoms with E-state index in [1.54, 1.807) is 6.92 Å². The molecule has 21 heavy (non-hydrogen) atoms. The fourth-order valence-corrected chi connectivity index (χ4v) is 2.13. The van der Waals surface area contributed by atoms with Crippen molar-refractivity contribution in [1.29, 1.82) is 0 Å². The van der Waals surface area contributed by atoms with Crippen molar-refractivity contribution in [2.75, 3.05) is 26.8 Å². The molecule has 0 saturated carbocycles. The van der Waals surface area contributed by atoms with Crippen LogP contribution in [0.4, 0.5) is 4.79 Å². The molecule has 0 aromatic carbocycles. The third-order valence-corrected chi connectivity index (χ3v) is 3.50. The van der Waals surface area contributed by atoms with E-state index >= 15 is 0 Å². The van der Waals surface area contributed by atoms with Gasteiger partial charge in [-0.2, -0.15) is 0 Å². The molecule has 1 unspecified atom stereocenters. The van der Waals surface area contributed by atoms with E-state index in [-0.39, 0.29) is 18.4 Å². The van der Waals surface area contributed by atoms with Gasteiger partial charge in [-0.3, -0.25) is 14.5 Å². The number of nitrogens with zero attached hydrogens (tertiary/aromatic N) is 1. The van der Waals surface area contributed by atoms with Crippen molar-refractivity contribution < 1.29 is 19.1 Å². The van der Waals surface area contributed by atoms with Gasteiger partial charge in [0.25, 0.3) is 5.91 Å². The minimum Gasteiger partial charge on any atom is -0.383 e. The number of hydrogen-bond donors (Lipinski definition) is 2. The van der Waals surface area contributed by atoms with E-state index in [0.717, 1.165) is 11.3 Å². The predicted molar refractivity (Wildman–Crippen MR) is 77.6 cm³/mol. The Balaban J connectivity index is 2.58. The molecule has 0 aromatic heterocycles. The van der Waals surface area contributed by atoms with Crippen molar-refractivity contribution in [1.82, 2.24) is 15.5 Å². The molecule has 4 amide bonds. The summed E-state index contributed by atoms with van der Waals surface area (Å²) >= 11 is 0. The summed E-state index contributed by atoms with van der Waals surface area (Å²) in [5.74, 6) is -0.267. The van der Waals surface area contributed by atoms with Crippen LogP contribution in [-0.2, 0) is 14.3 Å². The van der Waals surface area contributed by atoms with Crippen molar-refractivity contribution >= 4 is 17.8 Å². The molecule has 7 heteroatoms. The Kier molecular flexibility index (Phi) is 6.14. The van der Waals surface area contributed by atoms with Crippen LogP contribution in [-0.4, -0.2) is 55.1 Å². The van der Waals surface area contributed by atoms with E-state index in [9.17, 15) is 14.4 Å². The van der Waals surface area contributed by atoms with Crippen LogP contribution in [0.25, 0.3) is 0 Å². The lowest BCUT2D eigenvalue weighted by Gasteiger charge is -2.22. The maximum Gasteiger partial charge on any atom is 0.325 e. The summed E-state index contributed by atoms with van der Waals surface area (Å²) < 4.78 is 4.82. The van der Waals surface area contributed by atoms with Gasteiger partial charge in [-0.25, -0.2) is 4.79 Å². The maximum absolute atomic E-state index is 12.4. The second-order valence-corrected chi connectivity index (χ2v) is 5.93. The van der Waals surface area contributed by atoms with E-state index in [0.29, 0.717) is 25.5 Å². The number of carbonyl (C=O) groups is 3. The van der Waals surface area contributed by atoms with Crippen LogP contribution < -0.4 is 10.6 Å². The van der Waals surface area contributed by atoms with Gasteiger partial charge in [0.2, 0.25) is 5.91 Å². The Morgan fingerprint density at radius 3 is 2.67 bits per heavy atom. The van der Waals surface area contributed by atoms with Crippen LogP contribution >= 0.6 is 0 Å². The first-order chi connectivity index (χ1) is 9.80. The van der Waals surface area contributed by atoms with Gasteiger partial charge in [-0.15, -0.1) is 0 Å². The minimum atomic E-state index is -0.909. The van der Waals surface area contributed by atoms with Gasteiger partial charge in [-0.1, -0.05) is 13.8 Å². The molecule has 0 bridgehead atoms. The third-order valence-electron chi connectivity index (χ3n) is 3.50. The first-order valence-corrected chi connectivity index (χ1v) is 7.20. The zero-order chi connectivity index (χ0) is 16.0. The monoisotopic (exact) mass is 299 g/mol. The fraction of sp³-hybridized carbons (Fsp3) is 0.786. The van der Waals surface area contributed by atoms with Gasteiger partial charge in [-0.05, 0) is 25.7 Å². The fourth-order valence-electron chi connectivity index (χ4n) is 2.13. The summed E-state index contributed by atoms with van der Waals surface area (Å²) in [6, 6.07) is -0.506. The number of amides is 4. The second kappa shape index (κ2) is 7.40. The van der Waals surface area contributed by atoms with Gasteiger partial charge in [0, 0.05) is 13.7 Å². The Bertz CT molecular complexity index is 411. The molecule has 0 aromatic rings. The first kappa shape index (κ1) is 17.4. The first-order valence-electron chi connectivity index (χ1n) is 7.20. The molecule has 0 spiro atoms. The van der Waals surface area contributed by atoms with E-state index in [1.165, 1.54) is 7.11 Å². The van der Waals surface area contributed by atoms with Crippen LogP contribution in [0, 0.1) is 5.92 Å². The Morgan fingerprint density at radius 1 is 1.43 bits per heavy atom. The second-order valence-electron chi connectivity index (χ2n) is 5.93. The summed E-state index contributed by atoms with van der Waals surface area (Å²) in [6.07, 6.45) is 1.40. The zero-order valence-corrected chi connectivity index (χ0v) is 13.2. The Morgan fingerprint density at radius 2 is 2.10 bits per heavy atom. The highest BCUT2D eigenvalue weighted by Crippen LogP contribution is 2.24. The highest BCUT2D eigenvalue weighted by Gasteiger charge is 2.47. The van der Waals surface area contributed by atoms with Crippen LogP contribution in [0.3, 0.4) is 0 Å². The number of rotatable bonds is 8. The van der Waals surface area contributed by atoms with E-state index in [1.807, 2.05) is 0 Å². The highest BCUT2D eigenvalue weighted by molar-refractivity contribution is 6.08. The van der Waals surface area contributed by atoms with Gasteiger partial charge in [0.1, 0.15) is 12.1 Å². The minimum absolute atomic E-state index is 0.258. The number of nitrogens with one attached hydrogen (secondary N) is 2. The zero-order valence-electron chi connectivity index (χ0n) is 13.2. The lowest BCUT2D eigenvalue weighted by atomic mass is 9.92. The van der Waals surface area contributed by atoms with Gasteiger partial charge in [0.05, 0.1) is 6.61 Å². The summed E-state index contributed by atoms with van der Waals surface area (Å²) in [5.41, 5.74) is -0.909. The quantitative estimate of drug-likeness (QED) is 0.504. The SMILES string of the molecule is COCCNC(=O)CN1C(=O)NC(C)(CCC(C)C)C1=O. The largest absolute Gasteiger partial charge is 0.383 e. The predicted octanol–water partition coefficient (Wildman–Crippen LogP) is 0.496. The molecule has 2 N–H and O–H groups in total. The summed E-state index contributed by atoms with van der Waals surface area (Å²) in [7, 11) is 1.53. The molecule has 1 aliphatic rings. The highest BCUT2D eigenvalue weighted by atomic mass is 16.5. The van der Waals surface area contributed by atoms with Crippen molar-refractivity contribution in [3.05, 3.63) is 0 Å². The van der Waals surface area contributed by atoms with Crippen LogP contribution in [0.2, 0.25) is 0 Å². The molecular formula is C14H25N3O4. The van der Waals surface area contributed by atoms with E-state index in [4.69, 9.17) is 4.74 Å². The Labute approximate surface area is 125 Å². The average molecular weight is 299 g/mol. The number of carbonyl (C=O) groups excluding carboxylic acids is 3. The Hall–Kier alpha value is -1.63. The van der Waals surface area contributed by atoms with E-state index in [2.05, 4.69) is 24.5 Å². The maximum atomic E-state index is 12.4. The summed E-state index contributed by atoms with van der Waals surface area (Å²) in [5, 5.41) is 5.28.